The Hall–Kier alpha value is -1.67. The van der Waals surface area contributed by atoms with Gasteiger partial charge in [0.15, 0.2) is 0 Å². The van der Waals surface area contributed by atoms with E-state index in [0.717, 1.165) is 30.6 Å². The SMILES string of the molecule is CCCC[Si](CCCC)(CCCC)O/C(=C\CCCC#CC(F)(F)F)c1ccc(C)cc1. The van der Waals surface area contributed by atoms with Crippen LogP contribution in [-0.4, -0.2) is 14.5 Å². The van der Waals surface area contributed by atoms with Crippen molar-refractivity contribution in [2.75, 3.05) is 0 Å². The van der Waals surface area contributed by atoms with E-state index in [1.807, 2.05) is 0 Å². The predicted molar refractivity (Wildman–Crippen MR) is 133 cm³/mol. The van der Waals surface area contributed by atoms with Crippen LogP contribution in [0.15, 0.2) is 30.3 Å². The highest BCUT2D eigenvalue weighted by atomic mass is 28.4. The molecule has 0 spiro atoms. The second-order valence-electron chi connectivity index (χ2n) is 8.72. The summed E-state index contributed by atoms with van der Waals surface area (Å²) in [4.78, 5) is 0. The van der Waals surface area contributed by atoms with Gasteiger partial charge in [0.2, 0.25) is 0 Å². The number of rotatable bonds is 15. The molecule has 0 unspecified atom stereocenters. The van der Waals surface area contributed by atoms with Crippen LogP contribution in [0.1, 0.15) is 89.7 Å². The quantitative estimate of drug-likeness (QED) is 0.108. The third-order valence-corrected chi connectivity index (χ3v) is 10.1. The molecule has 0 atom stereocenters. The smallest absolute Gasteiger partial charge is 0.457 e. The average molecular weight is 467 g/mol. The maximum Gasteiger partial charge on any atom is 0.457 e. The van der Waals surface area contributed by atoms with Gasteiger partial charge >= 0.3 is 6.18 Å². The summed E-state index contributed by atoms with van der Waals surface area (Å²) in [5.41, 5.74) is 2.26. The van der Waals surface area contributed by atoms with Crippen LogP contribution in [0, 0.1) is 18.8 Å². The second-order valence-corrected chi connectivity index (χ2v) is 12.8. The zero-order chi connectivity index (χ0) is 23.9. The van der Waals surface area contributed by atoms with Gasteiger partial charge < -0.3 is 4.43 Å². The summed E-state index contributed by atoms with van der Waals surface area (Å²) in [5.74, 6) is 4.52. The molecule has 1 nitrogen and oxygen atoms in total. The first-order valence-corrected chi connectivity index (χ1v) is 14.8. The van der Waals surface area contributed by atoms with E-state index < -0.39 is 14.5 Å². The van der Waals surface area contributed by atoms with Crippen molar-refractivity contribution in [3.63, 3.8) is 0 Å². The maximum absolute atomic E-state index is 12.2. The number of unbranched alkanes of at least 4 members (excludes halogenated alkanes) is 5. The highest BCUT2D eigenvalue weighted by Crippen LogP contribution is 2.34. The minimum atomic E-state index is -4.41. The summed E-state index contributed by atoms with van der Waals surface area (Å²) in [6.45, 7) is 8.77. The molecule has 0 saturated heterocycles. The first-order chi connectivity index (χ1) is 15.2. The Bertz CT molecular complexity index is 704. The number of halogens is 3. The molecule has 0 saturated carbocycles. The third-order valence-electron chi connectivity index (χ3n) is 5.69. The van der Waals surface area contributed by atoms with E-state index in [1.165, 1.54) is 48.9 Å². The lowest BCUT2D eigenvalue weighted by molar-refractivity contribution is -0.0697. The molecule has 0 bridgehead atoms. The van der Waals surface area contributed by atoms with Crippen LogP contribution in [0.25, 0.3) is 5.76 Å². The summed E-state index contributed by atoms with van der Waals surface area (Å²) in [6, 6.07) is 11.9. The summed E-state index contributed by atoms with van der Waals surface area (Å²) in [5, 5.41) is 0. The summed E-state index contributed by atoms with van der Waals surface area (Å²) in [6.07, 6.45) is 6.23. The van der Waals surface area contributed by atoms with Crippen LogP contribution in [-0.2, 0) is 4.43 Å². The average Bonchev–Trinajstić information content (AvgIpc) is 2.76. The zero-order valence-corrected chi connectivity index (χ0v) is 21.4. The molecule has 180 valence electrons. The van der Waals surface area contributed by atoms with Crippen molar-refractivity contribution in [1.82, 2.24) is 0 Å². The van der Waals surface area contributed by atoms with Crippen molar-refractivity contribution in [2.45, 2.75) is 110 Å². The largest absolute Gasteiger partial charge is 0.543 e. The number of allylic oxidation sites excluding steroid dienone is 1. The van der Waals surface area contributed by atoms with Crippen molar-refractivity contribution >= 4 is 14.1 Å². The fourth-order valence-corrected chi connectivity index (χ4v) is 8.50. The van der Waals surface area contributed by atoms with Gasteiger partial charge in [0.05, 0.1) is 0 Å². The first kappa shape index (κ1) is 28.4. The molecule has 0 aliphatic heterocycles. The van der Waals surface area contributed by atoms with Gasteiger partial charge in [-0.05, 0) is 44.0 Å². The Morgan fingerprint density at radius 1 is 0.906 bits per heavy atom. The Morgan fingerprint density at radius 2 is 1.44 bits per heavy atom. The summed E-state index contributed by atoms with van der Waals surface area (Å²) >= 11 is 0. The van der Waals surface area contributed by atoms with Gasteiger partial charge in [-0.1, -0.05) is 95.0 Å². The molecular weight excluding hydrogens is 425 g/mol. The number of hydrogen-bond acceptors (Lipinski definition) is 1. The molecule has 0 heterocycles. The summed E-state index contributed by atoms with van der Waals surface area (Å²) in [7, 11) is -1.96. The number of benzene rings is 1. The topological polar surface area (TPSA) is 9.23 Å². The fraction of sp³-hybridized carbons (Fsp3) is 0.630. The predicted octanol–water partition coefficient (Wildman–Crippen LogP) is 9.43. The molecule has 1 rings (SSSR count). The van der Waals surface area contributed by atoms with Crippen LogP contribution in [0.2, 0.25) is 18.1 Å². The summed E-state index contributed by atoms with van der Waals surface area (Å²) < 4.78 is 43.7. The van der Waals surface area contributed by atoms with Gasteiger partial charge in [-0.3, -0.25) is 0 Å². The van der Waals surface area contributed by atoms with Crippen molar-refractivity contribution in [2.24, 2.45) is 0 Å². The van der Waals surface area contributed by atoms with Crippen molar-refractivity contribution in [1.29, 1.82) is 0 Å². The Morgan fingerprint density at radius 3 is 1.91 bits per heavy atom. The van der Waals surface area contributed by atoms with Crippen molar-refractivity contribution in [3.05, 3.63) is 41.5 Å². The van der Waals surface area contributed by atoms with E-state index in [0.29, 0.717) is 12.8 Å². The molecule has 0 amide bonds. The lowest BCUT2D eigenvalue weighted by Gasteiger charge is -2.34. The van der Waals surface area contributed by atoms with E-state index in [-0.39, 0.29) is 6.42 Å². The minimum absolute atomic E-state index is 0.237. The molecule has 1 aromatic rings. The van der Waals surface area contributed by atoms with E-state index in [4.69, 9.17) is 4.43 Å². The van der Waals surface area contributed by atoms with Gasteiger partial charge in [-0.2, -0.15) is 13.2 Å². The molecule has 0 aliphatic rings. The molecule has 0 aliphatic carbocycles. The van der Waals surface area contributed by atoms with Crippen LogP contribution in [0.4, 0.5) is 13.2 Å². The van der Waals surface area contributed by atoms with Gasteiger partial charge in [0.25, 0.3) is 8.32 Å². The second kappa shape index (κ2) is 15.2. The molecule has 1 aromatic carbocycles. The molecule has 5 heteroatoms. The van der Waals surface area contributed by atoms with E-state index >= 15 is 0 Å². The van der Waals surface area contributed by atoms with Crippen LogP contribution < -0.4 is 0 Å². The lowest BCUT2D eigenvalue weighted by Crippen LogP contribution is -2.37. The van der Waals surface area contributed by atoms with Crippen LogP contribution in [0.3, 0.4) is 0 Å². The van der Waals surface area contributed by atoms with Gasteiger partial charge in [-0.25, -0.2) is 0 Å². The molecule has 0 N–H and O–H groups in total. The van der Waals surface area contributed by atoms with Gasteiger partial charge in [0, 0.05) is 17.9 Å². The normalized spacial score (nSPS) is 12.4. The molecular formula is C27H41F3OSi. The Labute approximate surface area is 195 Å². The fourth-order valence-electron chi connectivity index (χ4n) is 3.78. The highest BCUT2D eigenvalue weighted by molar-refractivity contribution is 6.74. The molecule has 0 fully saturated rings. The van der Waals surface area contributed by atoms with Gasteiger partial charge in [0.1, 0.15) is 5.76 Å². The Balaban J connectivity index is 3.11. The first-order valence-electron chi connectivity index (χ1n) is 12.3. The monoisotopic (exact) mass is 466 g/mol. The van der Waals surface area contributed by atoms with Crippen molar-refractivity contribution < 1.29 is 17.6 Å². The van der Waals surface area contributed by atoms with Gasteiger partial charge in [-0.15, -0.1) is 0 Å². The minimum Gasteiger partial charge on any atom is -0.543 e. The van der Waals surface area contributed by atoms with E-state index in [9.17, 15) is 13.2 Å². The molecule has 0 radical (unpaired) electrons. The number of alkyl halides is 3. The van der Waals surface area contributed by atoms with Crippen molar-refractivity contribution in [3.8, 4) is 11.8 Å². The molecule has 0 aromatic heterocycles. The standard InChI is InChI=1S/C27H41F3OSi/c1-5-8-21-32(22-9-6-2,23-10-7-3)31-26(25-18-16-24(4)17-19-25)15-13-11-12-14-20-27(28,29)30/h15-19H,5-13,21-23H2,1-4H3/b26-15-. The van der Waals surface area contributed by atoms with E-state index in [1.54, 1.807) is 0 Å². The third kappa shape index (κ3) is 11.8. The lowest BCUT2D eigenvalue weighted by atomic mass is 10.1. The number of aryl methyl sites for hydroxylation is 1. The zero-order valence-electron chi connectivity index (χ0n) is 20.4. The maximum atomic E-state index is 12.2. The van der Waals surface area contributed by atoms with Crippen LogP contribution >= 0.6 is 0 Å². The Kier molecular flexibility index (Phi) is 13.5. The highest BCUT2D eigenvalue weighted by Gasteiger charge is 2.35. The van der Waals surface area contributed by atoms with Crippen LogP contribution in [0.5, 0.6) is 0 Å². The number of hydrogen-bond donors (Lipinski definition) is 0. The molecule has 32 heavy (non-hydrogen) atoms. The van der Waals surface area contributed by atoms with E-state index in [2.05, 4.69) is 64.0 Å².